The lowest BCUT2D eigenvalue weighted by Gasteiger charge is -2.30. The molecule has 1 unspecified atom stereocenters. The van der Waals surface area contributed by atoms with Gasteiger partial charge < -0.3 is 29.9 Å². The van der Waals surface area contributed by atoms with Crippen molar-refractivity contribution in [2.24, 2.45) is 10.9 Å². The van der Waals surface area contributed by atoms with Crippen LogP contribution in [0.3, 0.4) is 0 Å². The highest BCUT2D eigenvalue weighted by atomic mass is 16.5. The number of fused-ring (bicyclic) bond motifs is 2. The van der Waals surface area contributed by atoms with Crippen molar-refractivity contribution in [2.45, 2.75) is 52.2 Å². The summed E-state index contributed by atoms with van der Waals surface area (Å²) in [5.74, 6) is 0.699. The van der Waals surface area contributed by atoms with Gasteiger partial charge in [-0.3, -0.25) is 14.9 Å². The molecular formula is C30H40N6O5. The zero-order valence-corrected chi connectivity index (χ0v) is 24.2. The van der Waals surface area contributed by atoms with Gasteiger partial charge in [0.2, 0.25) is 11.9 Å². The monoisotopic (exact) mass is 564 g/mol. The van der Waals surface area contributed by atoms with Gasteiger partial charge in [-0.25, -0.2) is 9.79 Å². The molecule has 1 atom stereocenters. The number of rotatable bonds is 10. The first-order chi connectivity index (χ1) is 19.7. The molecule has 11 heteroatoms. The number of urea groups is 1. The number of esters is 1. The van der Waals surface area contributed by atoms with Gasteiger partial charge in [0.15, 0.2) is 0 Å². The lowest BCUT2D eigenvalue weighted by Crippen LogP contribution is -2.49. The molecule has 2 aromatic carbocycles. The van der Waals surface area contributed by atoms with Crippen LogP contribution in [-0.4, -0.2) is 73.7 Å². The van der Waals surface area contributed by atoms with E-state index in [1.54, 1.807) is 25.1 Å². The number of hydrogen-bond acceptors (Lipinski definition) is 8. The molecule has 0 saturated carbocycles. The Labute approximate surface area is 241 Å². The third kappa shape index (κ3) is 8.60. The standard InChI is InChI=1S/C30H40N6O5/c1-20(2)19-41-28(38)18-36-17-22-11-13-23(16-25(22)32-29(36)34-30(39)35(3)4)40-15-7-10-27(37)33-26-14-12-21-8-5-6-9-24(21)31-26/h5-6,8-9,11,13,16,20,26,31H,7,10,12,14-15,17-19H2,1-4H3,(H,33,37)(H,32,34,39). The lowest BCUT2D eigenvalue weighted by atomic mass is 10.0. The Hall–Kier alpha value is -4.28. The van der Waals surface area contributed by atoms with Crippen LogP contribution in [0, 0.1) is 5.92 Å². The maximum Gasteiger partial charge on any atom is 0.325 e. The fraction of sp³-hybridized carbons (Fsp3) is 0.467. The van der Waals surface area contributed by atoms with E-state index >= 15 is 0 Å². The largest absolute Gasteiger partial charge is 0.494 e. The van der Waals surface area contributed by atoms with Gasteiger partial charge in [0.05, 0.1) is 25.1 Å². The molecule has 0 spiro atoms. The molecular weight excluding hydrogens is 524 g/mol. The molecule has 0 radical (unpaired) electrons. The quantitative estimate of drug-likeness (QED) is 0.297. The molecule has 3 amide bonds. The summed E-state index contributed by atoms with van der Waals surface area (Å²) in [6.07, 6.45) is 2.62. The van der Waals surface area contributed by atoms with E-state index in [0.29, 0.717) is 44.0 Å². The number of nitrogens with one attached hydrogen (secondary N) is 3. The molecule has 220 valence electrons. The van der Waals surface area contributed by atoms with Crippen molar-refractivity contribution in [3.63, 3.8) is 0 Å². The van der Waals surface area contributed by atoms with E-state index in [1.165, 1.54) is 10.5 Å². The summed E-state index contributed by atoms with van der Waals surface area (Å²) >= 11 is 0. The molecule has 2 aromatic rings. The Morgan fingerprint density at radius 3 is 2.73 bits per heavy atom. The van der Waals surface area contributed by atoms with E-state index < -0.39 is 0 Å². The summed E-state index contributed by atoms with van der Waals surface area (Å²) in [5, 5.41) is 9.21. The molecule has 4 rings (SSSR count). The second kappa shape index (κ2) is 13.9. The second-order valence-corrected chi connectivity index (χ2v) is 10.9. The number of nitrogens with zero attached hydrogens (tertiary/aromatic N) is 3. The Morgan fingerprint density at radius 2 is 1.95 bits per heavy atom. The van der Waals surface area contributed by atoms with Gasteiger partial charge in [0.1, 0.15) is 12.3 Å². The number of aliphatic imine (C=N–C) groups is 1. The first-order valence-corrected chi connectivity index (χ1v) is 14.0. The van der Waals surface area contributed by atoms with Crippen LogP contribution in [0.4, 0.5) is 16.2 Å². The number of amides is 3. The van der Waals surface area contributed by atoms with E-state index in [4.69, 9.17) is 9.47 Å². The number of aryl methyl sites for hydroxylation is 1. The number of anilines is 1. The molecule has 2 heterocycles. The van der Waals surface area contributed by atoms with Crippen molar-refractivity contribution in [3.8, 4) is 5.75 Å². The summed E-state index contributed by atoms with van der Waals surface area (Å²) in [6.45, 7) is 4.97. The van der Waals surface area contributed by atoms with Crippen LogP contribution in [-0.2, 0) is 27.3 Å². The molecule has 41 heavy (non-hydrogen) atoms. The van der Waals surface area contributed by atoms with Crippen molar-refractivity contribution in [3.05, 3.63) is 53.6 Å². The fourth-order valence-corrected chi connectivity index (χ4v) is 4.48. The fourth-order valence-electron chi connectivity index (χ4n) is 4.48. The van der Waals surface area contributed by atoms with Gasteiger partial charge in [-0.1, -0.05) is 38.1 Å². The molecule has 0 bridgehead atoms. The minimum atomic E-state index is -0.387. The molecule has 0 fully saturated rings. The van der Waals surface area contributed by atoms with Gasteiger partial charge in [0.25, 0.3) is 0 Å². The van der Waals surface area contributed by atoms with Crippen LogP contribution in [0.2, 0.25) is 0 Å². The lowest BCUT2D eigenvalue weighted by molar-refractivity contribution is -0.145. The van der Waals surface area contributed by atoms with Crippen LogP contribution in [0.5, 0.6) is 5.75 Å². The van der Waals surface area contributed by atoms with Gasteiger partial charge in [0, 0.05) is 38.8 Å². The number of carbonyl (C=O) groups excluding carboxylic acids is 3. The molecule has 2 aliphatic heterocycles. The zero-order chi connectivity index (χ0) is 29.4. The second-order valence-electron chi connectivity index (χ2n) is 10.9. The normalized spacial score (nSPS) is 15.6. The van der Waals surface area contributed by atoms with Gasteiger partial charge in [-0.2, -0.15) is 0 Å². The first-order valence-electron chi connectivity index (χ1n) is 14.0. The van der Waals surface area contributed by atoms with Crippen LogP contribution < -0.4 is 20.7 Å². The minimum Gasteiger partial charge on any atom is -0.494 e. The van der Waals surface area contributed by atoms with Crippen LogP contribution >= 0.6 is 0 Å². The van der Waals surface area contributed by atoms with Crippen LogP contribution in [0.15, 0.2) is 47.5 Å². The van der Waals surface area contributed by atoms with Crippen molar-refractivity contribution >= 4 is 35.2 Å². The highest BCUT2D eigenvalue weighted by Gasteiger charge is 2.25. The molecule has 0 saturated heterocycles. The number of carbonyl (C=O) groups is 3. The highest BCUT2D eigenvalue weighted by molar-refractivity contribution is 5.99. The molecule has 11 nitrogen and oxygen atoms in total. The molecule has 3 N–H and O–H groups in total. The summed E-state index contributed by atoms with van der Waals surface area (Å²) < 4.78 is 11.2. The predicted molar refractivity (Wildman–Crippen MR) is 157 cm³/mol. The van der Waals surface area contributed by atoms with Crippen molar-refractivity contribution in [2.75, 3.05) is 39.2 Å². The average molecular weight is 565 g/mol. The van der Waals surface area contributed by atoms with E-state index in [0.717, 1.165) is 24.1 Å². The zero-order valence-electron chi connectivity index (χ0n) is 24.2. The first kappa shape index (κ1) is 29.7. The van der Waals surface area contributed by atoms with Gasteiger partial charge in [-0.15, -0.1) is 0 Å². The molecule has 2 aliphatic rings. The Bertz CT molecular complexity index is 1280. The third-order valence-electron chi connectivity index (χ3n) is 6.67. The van der Waals surface area contributed by atoms with Crippen LogP contribution in [0.25, 0.3) is 0 Å². The van der Waals surface area contributed by atoms with E-state index in [1.807, 2.05) is 44.2 Å². The summed E-state index contributed by atoms with van der Waals surface area (Å²) in [7, 11) is 3.26. The smallest absolute Gasteiger partial charge is 0.325 e. The topological polar surface area (TPSA) is 125 Å². The summed E-state index contributed by atoms with van der Waals surface area (Å²) in [5.41, 5.74) is 3.87. The predicted octanol–water partition coefficient (Wildman–Crippen LogP) is 3.62. The Morgan fingerprint density at radius 1 is 1.15 bits per heavy atom. The number of hydrogen-bond donors (Lipinski definition) is 3. The molecule has 0 aliphatic carbocycles. The minimum absolute atomic E-state index is 0.0196. The Kier molecular flexibility index (Phi) is 10.0. The van der Waals surface area contributed by atoms with Crippen molar-refractivity contribution < 1.29 is 23.9 Å². The summed E-state index contributed by atoms with van der Waals surface area (Å²) in [4.78, 5) is 45.0. The van der Waals surface area contributed by atoms with E-state index in [-0.39, 0.29) is 42.5 Å². The number of guanidine groups is 1. The highest BCUT2D eigenvalue weighted by Crippen LogP contribution is 2.30. The van der Waals surface area contributed by atoms with Crippen LogP contribution in [0.1, 0.15) is 44.2 Å². The maximum atomic E-state index is 12.5. The van der Waals surface area contributed by atoms with Gasteiger partial charge >= 0.3 is 12.0 Å². The van der Waals surface area contributed by atoms with Crippen molar-refractivity contribution in [1.82, 2.24) is 20.4 Å². The average Bonchev–Trinajstić information content (AvgIpc) is 2.94. The maximum absolute atomic E-state index is 12.5. The number of ether oxygens (including phenoxy) is 2. The van der Waals surface area contributed by atoms with Gasteiger partial charge in [-0.05, 0) is 48.4 Å². The molecule has 0 aromatic heterocycles. The third-order valence-corrected chi connectivity index (χ3v) is 6.67. The number of para-hydroxylation sites is 1. The Balaban J connectivity index is 1.30. The van der Waals surface area contributed by atoms with E-state index in [2.05, 4.69) is 27.0 Å². The SMILES string of the molecule is CC(C)COC(=O)CN1Cc2ccc(OCCCC(=O)NC3CCc4ccccc4N3)cc2N=C1NC(=O)N(C)C. The van der Waals surface area contributed by atoms with E-state index in [9.17, 15) is 14.4 Å². The summed E-state index contributed by atoms with van der Waals surface area (Å²) in [6, 6.07) is 13.3. The van der Waals surface area contributed by atoms with Crippen molar-refractivity contribution in [1.29, 1.82) is 0 Å². The number of benzene rings is 2.